The van der Waals surface area contributed by atoms with Crippen molar-refractivity contribution >= 4 is 23.3 Å². The van der Waals surface area contributed by atoms with Gasteiger partial charge in [0.1, 0.15) is 24.3 Å². The van der Waals surface area contributed by atoms with E-state index in [1.165, 1.54) is 11.2 Å². The largest absolute Gasteiger partial charge is 0.485 e. The fraction of sp³-hybridized carbons (Fsp3) is 0.280. The summed E-state index contributed by atoms with van der Waals surface area (Å²) in [5.74, 6) is 0.364. The van der Waals surface area contributed by atoms with Crippen LogP contribution in [0.15, 0.2) is 59.2 Å². The molecule has 1 aliphatic rings. The Morgan fingerprint density at radius 1 is 1.18 bits per heavy atom. The molecular weight excluding hydrogens is 438 g/mol. The molecule has 176 valence electrons. The van der Waals surface area contributed by atoms with Crippen molar-refractivity contribution < 1.29 is 28.3 Å². The summed E-state index contributed by atoms with van der Waals surface area (Å²) in [5, 5.41) is 2.77. The normalized spacial score (nSPS) is 12.6. The molecule has 2 aromatic carbocycles. The van der Waals surface area contributed by atoms with E-state index in [1.807, 2.05) is 25.1 Å². The lowest BCUT2D eigenvalue weighted by atomic mass is 10.1. The van der Waals surface area contributed by atoms with Crippen molar-refractivity contribution in [3.8, 4) is 11.5 Å². The van der Waals surface area contributed by atoms with E-state index in [2.05, 4.69) is 10.3 Å². The molecule has 0 spiro atoms. The van der Waals surface area contributed by atoms with Crippen LogP contribution in [0.3, 0.4) is 0 Å². The zero-order chi connectivity index (χ0) is 23.9. The Morgan fingerprint density at radius 3 is 2.79 bits per heavy atom. The molecule has 0 atom stereocenters. The van der Waals surface area contributed by atoms with E-state index in [0.29, 0.717) is 29.3 Å². The van der Waals surface area contributed by atoms with Gasteiger partial charge in [0.05, 0.1) is 5.69 Å². The molecule has 0 saturated heterocycles. The van der Waals surface area contributed by atoms with E-state index < -0.39 is 0 Å². The number of para-hydroxylation sites is 1. The predicted molar refractivity (Wildman–Crippen MR) is 123 cm³/mol. The van der Waals surface area contributed by atoms with Gasteiger partial charge in [0, 0.05) is 12.1 Å². The van der Waals surface area contributed by atoms with E-state index in [9.17, 15) is 14.4 Å². The fourth-order valence-corrected chi connectivity index (χ4v) is 3.39. The number of ether oxygens (including phenoxy) is 2. The number of oxazole rings is 1. The highest BCUT2D eigenvalue weighted by molar-refractivity contribution is 6.02. The number of anilines is 1. The van der Waals surface area contributed by atoms with E-state index in [4.69, 9.17) is 13.9 Å². The molecule has 9 heteroatoms. The lowest BCUT2D eigenvalue weighted by Gasteiger charge is -2.28. The van der Waals surface area contributed by atoms with Crippen LogP contribution in [0.1, 0.15) is 46.5 Å². The van der Waals surface area contributed by atoms with Gasteiger partial charge in [0.15, 0.2) is 24.7 Å². The molecule has 3 aromatic rings. The molecule has 1 aliphatic heterocycles. The van der Waals surface area contributed by atoms with Crippen molar-refractivity contribution in [1.82, 2.24) is 10.3 Å². The second-order valence-electron chi connectivity index (χ2n) is 7.71. The van der Waals surface area contributed by atoms with Crippen LogP contribution in [-0.4, -0.2) is 42.3 Å². The molecule has 9 nitrogen and oxygen atoms in total. The molecule has 34 heavy (non-hydrogen) atoms. The van der Waals surface area contributed by atoms with Gasteiger partial charge in [-0.2, -0.15) is 0 Å². The quantitative estimate of drug-likeness (QED) is 0.362. The van der Waals surface area contributed by atoms with E-state index in [0.717, 1.165) is 12.8 Å². The highest BCUT2D eigenvalue weighted by atomic mass is 16.5. The third kappa shape index (κ3) is 5.43. The number of carbonyl (C=O) groups excluding carboxylic acids is 3. The number of carbonyl (C=O) groups is 3. The molecule has 4 rings (SSSR count). The number of rotatable bonds is 10. The van der Waals surface area contributed by atoms with Crippen molar-refractivity contribution in [2.45, 2.75) is 26.3 Å². The minimum absolute atomic E-state index is 0.00437. The molecular formula is C25H25N3O6. The lowest BCUT2D eigenvalue weighted by molar-refractivity contribution is -0.121. The smallest absolute Gasteiger partial charge is 0.273 e. The fourth-order valence-electron chi connectivity index (χ4n) is 3.39. The summed E-state index contributed by atoms with van der Waals surface area (Å²) < 4.78 is 16.5. The zero-order valence-corrected chi connectivity index (χ0v) is 18.8. The monoisotopic (exact) mass is 463 g/mol. The summed E-state index contributed by atoms with van der Waals surface area (Å²) in [7, 11) is 0. The summed E-state index contributed by atoms with van der Waals surface area (Å²) in [5.41, 5.74) is 0.948. The van der Waals surface area contributed by atoms with Gasteiger partial charge in [-0.1, -0.05) is 31.5 Å². The van der Waals surface area contributed by atoms with Crippen LogP contribution in [0.25, 0.3) is 0 Å². The van der Waals surface area contributed by atoms with Gasteiger partial charge in [-0.3, -0.25) is 19.3 Å². The number of ketones is 1. The Morgan fingerprint density at radius 2 is 2.00 bits per heavy atom. The van der Waals surface area contributed by atoms with Crippen molar-refractivity contribution in [1.29, 1.82) is 0 Å². The number of hydrogen-bond acceptors (Lipinski definition) is 7. The summed E-state index contributed by atoms with van der Waals surface area (Å²) in [6.45, 7) is 2.29. The van der Waals surface area contributed by atoms with Gasteiger partial charge in [0.25, 0.3) is 11.8 Å². The van der Waals surface area contributed by atoms with Crippen molar-refractivity contribution in [2.24, 2.45) is 0 Å². The van der Waals surface area contributed by atoms with Crippen LogP contribution in [-0.2, 0) is 11.3 Å². The predicted octanol–water partition coefficient (Wildman–Crippen LogP) is 3.39. The Labute approximate surface area is 196 Å². The first-order chi connectivity index (χ1) is 16.5. The Hall–Kier alpha value is -4.14. The molecule has 0 fully saturated rings. The lowest BCUT2D eigenvalue weighted by Crippen LogP contribution is -2.38. The van der Waals surface area contributed by atoms with Gasteiger partial charge in [0.2, 0.25) is 5.89 Å². The van der Waals surface area contributed by atoms with Crippen molar-refractivity contribution in [2.75, 3.05) is 24.7 Å². The highest BCUT2D eigenvalue weighted by Crippen LogP contribution is 2.34. The Balaban J connectivity index is 1.47. The second kappa shape index (κ2) is 10.7. The molecule has 2 heterocycles. The maximum absolute atomic E-state index is 12.7. The van der Waals surface area contributed by atoms with Crippen LogP contribution in [0, 0.1) is 0 Å². The number of amides is 2. The van der Waals surface area contributed by atoms with E-state index >= 15 is 0 Å². The van der Waals surface area contributed by atoms with Gasteiger partial charge < -0.3 is 19.2 Å². The van der Waals surface area contributed by atoms with Gasteiger partial charge in [-0.15, -0.1) is 0 Å². The minimum atomic E-state index is -0.330. The van der Waals surface area contributed by atoms with E-state index in [1.54, 1.807) is 30.3 Å². The molecule has 0 saturated carbocycles. The maximum atomic E-state index is 12.7. The first kappa shape index (κ1) is 23.0. The summed E-state index contributed by atoms with van der Waals surface area (Å²) in [6, 6.07) is 13.9. The average Bonchev–Trinajstić information content (AvgIpc) is 3.33. The van der Waals surface area contributed by atoms with Crippen LogP contribution in [0.2, 0.25) is 0 Å². The Bertz CT molecular complexity index is 1170. The van der Waals surface area contributed by atoms with Gasteiger partial charge in [-0.25, -0.2) is 4.98 Å². The SMILES string of the molecule is CCCCNC(=O)c1coc(CN2C(=O)COc3ccc(C(=O)COc4ccccc4)cc32)n1. The van der Waals surface area contributed by atoms with Gasteiger partial charge in [-0.05, 0) is 36.8 Å². The first-order valence-electron chi connectivity index (χ1n) is 11.1. The third-order valence-electron chi connectivity index (χ3n) is 5.23. The molecule has 0 bridgehead atoms. The standard InChI is InChI=1S/C25H25N3O6/c1-2-3-11-26-25(31)19-14-34-23(27-19)13-28-20-12-17(9-10-22(20)33-16-24(28)30)21(29)15-32-18-7-5-4-6-8-18/h4-10,12,14H,2-3,11,13,15-16H2,1H3,(H,26,31). The topological polar surface area (TPSA) is 111 Å². The first-order valence-corrected chi connectivity index (χ1v) is 11.1. The number of Topliss-reactive ketones (excluding diaryl/α,β-unsaturated/α-hetero) is 1. The van der Waals surface area contributed by atoms with Crippen LogP contribution >= 0.6 is 0 Å². The van der Waals surface area contributed by atoms with Crippen LogP contribution in [0.4, 0.5) is 5.69 Å². The molecule has 1 aromatic heterocycles. The third-order valence-corrected chi connectivity index (χ3v) is 5.23. The van der Waals surface area contributed by atoms with Crippen molar-refractivity contribution in [3.05, 3.63) is 71.9 Å². The number of hydrogen-bond donors (Lipinski definition) is 1. The number of nitrogens with zero attached hydrogens (tertiary/aromatic N) is 2. The number of fused-ring (bicyclic) bond motifs is 1. The summed E-state index contributed by atoms with van der Waals surface area (Å²) in [6.07, 6.45) is 3.10. The average molecular weight is 463 g/mol. The molecule has 1 N–H and O–H groups in total. The van der Waals surface area contributed by atoms with Crippen molar-refractivity contribution in [3.63, 3.8) is 0 Å². The van der Waals surface area contributed by atoms with Crippen LogP contribution < -0.4 is 19.7 Å². The summed E-state index contributed by atoms with van der Waals surface area (Å²) in [4.78, 5) is 43.1. The van der Waals surface area contributed by atoms with Gasteiger partial charge >= 0.3 is 0 Å². The zero-order valence-electron chi connectivity index (χ0n) is 18.8. The maximum Gasteiger partial charge on any atom is 0.273 e. The molecule has 0 aliphatic carbocycles. The van der Waals surface area contributed by atoms with Crippen LogP contribution in [0.5, 0.6) is 11.5 Å². The molecule has 0 radical (unpaired) electrons. The molecule has 2 amide bonds. The number of benzene rings is 2. The second-order valence-corrected chi connectivity index (χ2v) is 7.71. The van der Waals surface area contributed by atoms with E-state index in [-0.39, 0.29) is 48.9 Å². The summed E-state index contributed by atoms with van der Waals surface area (Å²) >= 11 is 0. The highest BCUT2D eigenvalue weighted by Gasteiger charge is 2.28. The minimum Gasteiger partial charge on any atom is -0.485 e. The Kier molecular flexibility index (Phi) is 7.22. The number of nitrogens with one attached hydrogen (secondary N) is 1. The molecule has 0 unspecified atom stereocenters. The number of unbranched alkanes of at least 4 members (excludes halogenated alkanes) is 1. The number of aromatic nitrogens is 1.